The molecule has 0 N–H and O–H groups in total. The van der Waals surface area contributed by atoms with Gasteiger partial charge in [0.25, 0.3) is 0 Å². The fourth-order valence-electron chi connectivity index (χ4n) is 2.44. The van der Waals surface area contributed by atoms with Crippen molar-refractivity contribution >= 4 is 12.0 Å². The second kappa shape index (κ2) is 8.83. The summed E-state index contributed by atoms with van der Waals surface area (Å²) in [5.74, 6) is 0.412. The van der Waals surface area contributed by atoms with Crippen LogP contribution >= 0.6 is 0 Å². The average molecular weight is 346 g/mol. The minimum absolute atomic E-state index is 0.262. The second-order valence-electron chi connectivity index (χ2n) is 6.30. The van der Waals surface area contributed by atoms with Crippen molar-refractivity contribution < 1.29 is 23.7 Å². The SMILES string of the molecule is C=C(C)C(=O)OCC1(CC)COC(/C=C/c2ccccc2OC)OC1. The molecular weight excluding hydrogens is 320 g/mol. The number of para-hydroxylation sites is 1. The lowest BCUT2D eigenvalue weighted by molar-refractivity contribution is -0.218. The molecule has 0 aromatic heterocycles. The van der Waals surface area contributed by atoms with Crippen LogP contribution in [-0.2, 0) is 19.0 Å². The van der Waals surface area contributed by atoms with Gasteiger partial charge >= 0.3 is 5.97 Å². The third kappa shape index (κ3) is 5.18. The zero-order chi connectivity index (χ0) is 18.3. The van der Waals surface area contributed by atoms with Gasteiger partial charge in [-0.3, -0.25) is 0 Å². The highest BCUT2D eigenvalue weighted by Crippen LogP contribution is 2.30. The summed E-state index contributed by atoms with van der Waals surface area (Å²) in [6.07, 6.45) is 4.14. The highest BCUT2D eigenvalue weighted by Gasteiger charge is 2.36. The molecule has 0 saturated carbocycles. The fourth-order valence-corrected chi connectivity index (χ4v) is 2.44. The Hall–Kier alpha value is -2.11. The Bertz CT molecular complexity index is 627. The number of benzene rings is 1. The Morgan fingerprint density at radius 1 is 1.36 bits per heavy atom. The summed E-state index contributed by atoms with van der Waals surface area (Å²) in [4.78, 5) is 11.6. The lowest BCUT2D eigenvalue weighted by atomic mass is 9.87. The maximum atomic E-state index is 11.6. The van der Waals surface area contributed by atoms with E-state index in [2.05, 4.69) is 6.58 Å². The summed E-state index contributed by atoms with van der Waals surface area (Å²) in [6, 6.07) is 7.74. The van der Waals surface area contributed by atoms with E-state index in [1.54, 1.807) is 14.0 Å². The highest BCUT2D eigenvalue weighted by molar-refractivity contribution is 5.86. The van der Waals surface area contributed by atoms with E-state index in [9.17, 15) is 4.79 Å². The number of rotatable bonds is 7. The lowest BCUT2D eigenvalue weighted by Gasteiger charge is -2.38. The van der Waals surface area contributed by atoms with E-state index in [-0.39, 0.29) is 18.0 Å². The normalized spacial score (nSPS) is 23.4. The molecule has 0 atom stereocenters. The standard InChI is InChI=1S/C20H26O5/c1-5-20(14-25-19(21)15(2)3)12-23-18(24-13-20)11-10-16-8-6-7-9-17(16)22-4/h6-11,18H,2,5,12-14H2,1,3-4H3/b11-10+. The Kier molecular flexibility index (Phi) is 6.79. The first kappa shape index (κ1) is 19.2. The van der Waals surface area contributed by atoms with Crippen molar-refractivity contribution in [2.24, 2.45) is 5.41 Å². The van der Waals surface area contributed by atoms with E-state index in [0.29, 0.717) is 18.8 Å². The van der Waals surface area contributed by atoms with Crippen LogP contribution in [0, 0.1) is 5.41 Å². The maximum absolute atomic E-state index is 11.6. The van der Waals surface area contributed by atoms with Gasteiger partial charge in [-0.05, 0) is 25.5 Å². The minimum atomic E-state index is -0.429. The summed E-state index contributed by atoms with van der Waals surface area (Å²) < 4.78 is 22.2. The molecule has 1 aliphatic rings. The van der Waals surface area contributed by atoms with Crippen LogP contribution in [0.3, 0.4) is 0 Å². The van der Waals surface area contributed by atoms with Crippen LogP contribution in [0.15, 0.2) is 42.5 Å². The molecule has 0 spiro atoms. The van der Waals surface area contributed by atoms with Crippen molar-refractivity contribution in [2.75, 3.05) is 26.9 Å². The maximum Gasteiger partial charge on any atom is 0.333 e. The molecular formula is C20H26O5. The molecule has 1 saturated heterocycles. The number of methoxy groups -OCH3 is 1. The van der Waals surface area contributed by atoms with E-state index < -0.39 is 6.29 Å². The molecule has 2 rings (SSSR count). The summed E-state index contributed by atoms with van der Waals surface area (Å²) in [6.45, 7) is 8.45. The van der Waals surface area contributed by atoms with Crippen molar-refractivity contribution in [1.82, 2.24) is 0 Å². The van der Waals surface area contributed by atoms with Crippen LogP contribution in [0.1, 0.15) is 25.8 Å². The molecule has 0 unspecified atom stereocenters. The molecule has 25 heavy (non-hydrogen) atoms. The number of carbonyl (C=O) groups excluding carboxylic acids is 1. The summed E-state index contributed by atoms with van der Waals surface area (Å²) in [7, 11) is 1.64. The quantitative estimate of drug-likeness (QED) is 0.558. The third-order valence-electron chi connectivity index (χ3n) is 4.29. The van der Waals surface area contributed by atoms with Gasteiger partial charge in [-0.2, -0.15) is 0 Å². The fraction of sp³-hybridized carbons (Fsp3) is 0.450. The van der Waals surface area contributed by atoms with Crippen LogP contribution < -0.4 is 4.74 Å². The molecule has 136 valence electrons. The van der Waals surface area contributed by atoms with Crippen LogP contribution in [0.25, 0.3) is 6.08 Å². The van der Waals surface area contributed by atoms with E-state index in [1.165, 1.54) is 0 Å². The zero-order valence-corrected chi connectivity index (χ0v) is 15.1. The zero-order valence-electron chi connectivity index (χ0n) is 15.1. The van der Waals surface area contributed by atoms with Gasteiger partial charge in [0.15, 0.2) is 6.29 Å². The van der Waals surface area contributed by atoms with Gasteiger partial charge in [0, 0.05) is 11.1 Å². The average Bonchev–Trinajstić information content (AvgIpc) is 2.65. The van der Waals surface area contributed by atoms with E-state index in [4.69, 9.17) is 18.9 Å². The number of carbonyl (C=O) groups is 1. The van der Waals surface area contributed by atoms with Gasteiger partial charge in [-0.15, -0.1) is 0 Å². The molecule has 1 aromatic rings. The Balaban J connectivity index is 1.92. The smallest absolute Gasteiger partial charge is 0.333 e. The van der Waals surface area contributed by atoms with Crippen LogP contribution in [0.4, 0.5) is 0 Å². The largest absolute Gasteiger partial charge is 0.496 e. The van der Waals surface area contributed by atoms with Crippen molar-refractivity contribution in [3.05, 3.63) is 48.1 Å². The van der Waals surface area contributed by atoms with Gasteiger partial charge in [-0.1, -0.05) is 37.8 Å². The molecule has 5 heteroatoms. The van der Waals surface area contributed by atoms with E-state index >= 15 is 0 Å². The summed E-state index contributed by atoms with van der Waals surface area (Å²) >= 11 is 0. The van der Waals surface area contributed by atoms with Gasteiger partial charge in [0.2, 0.25) is 0 Å². The van der Waals surface area contributed by atoms with E-state index in [1.807, 2.05) is 43.3 Å². The van der Waals surface area contributed by atoms with Gasteiger partial charge in [0.1, 0.15) is 12.4 Å². The van der Waals surface area contributed by atoms with Crippen LogP contribution in [-0.4, -0.2) is 39.2 Å². The third-order valence-corrected chi connectivity index (χ3v) is 4.29. The van der Waals surface area contributed by atoms with E-state index in [0.717, 1.165) is 17.7 Å². The Morgan fingerprint density at radius 3 is 2.64 bits per heavy atom. The number of esters is 1. The number of hydrogen-bond acceptors (Lipinski definition) is 5. The molecule has 0 amide bonds. The van der Waals surface area contributed by atoms with Crippen molar-refractivity contribution in [2.45, 2.75) is 26.6 Å². The Morgan fingerprint density at radius 2 is 2.04 bits per heavy atom. The van der Waals surface area contributed by atoms with Crippen LogP contribution in [0.5, 0.6) is 5.75 Å². The molecule has 0 aliphatic carbocycles. The van der Waals surface area contributed by atoms with Crippen molar-refractivity contribution in [3.63, 3.8) is 0 Å². The monoisotopic (exact) mass is 346 g/mol. The molecule has 1 heterocycles. The number of hydrogen-bond donors (Lipinski definition) is 0. The molecule has 1 fully saturated rings. The topological polar surface area (TPSA) is 54.0 Å². The molecule has 0 radical (unpaired) electrons. The molecule has 0 bridgehead atoms. The highest BCUT2D eigenvalue weighted by atomic mass is 16.7. The van der Waals surface area contributed by atoms with Gasteiger partial charge < -0.3 is 18.9 Å². The van der Waals surface area contributed by atoms with Gasteiger partial charge in [0.05, 0.1) is 25.7 Å². The first-order valence-corrected chi connectivity index (χ1v) is 8.37. The second-order valence-corrected chi connectivity index (χ2v) is 6.30. The summed E-state index contributed by atoms with van der Waals surface area (Å²) in [5.41, 5.74) is 1.03. The van der Waals surface area contributed by atoms with Gasteiger partial charge in [-0.25, -0.2) is 4.79 Å². The summed E-state index contributed by atoms with van der Waals surface area (Å²) in [5, 5.41) is 0. The molecule has 1 aliphatic heterocycles. The molecule has 1 aromatic carbocycles. The number of ether oxygens (including phenoxy) is 4. The predicted molar refractivity (Wildman–Crippen MR) is 96.2 cm³/mol. The molecule has 5 nitrogen and oxygen atoms in total. The predicted octanol–water partition coefficient (Wildman–Crippen LogP) is 3.60. The first-order chi connectivity index (χ1) is 12.0. The van der Waals surface area contributed by atoms with Crippen molar-refractivity contribution in [1.29, 1.82) is 0 Å². The van der Waals surface area contributed by atoms with Crippen molar-refractivity contribution in [3.8, 4) is 5.75 Å². The Labute approximate surface area is 149 Å². The minimum Gasteiger partial charge on any atom is -0.496 e. The lowest BCUT2D eigenvalue weighted by Crippen LogP contribution is -2.44. The first-order valence-electron chi connectivity index (χ1n) is 8.37. The van der Waals surface area contributed by atoms with Crippen LogP contribution in [0.2, 0.25) is 0 Å².